The van der Waals surface area contributed by atoms with Crippen molar-refractivity contribution in [1.29, 1.82) is 0 Å². The van der Waals surface area contributed by atoms with Gasteiger partial charge in [-0.2, -0.15) is 0 Å². The van der Waals surface area contributed by atoms with Crippen molar-refractivity contribution >= 4 is 23.5 Å². The zero-order valence-corrected chi connectivity index (χ0v) is 14.3. The first-order valence-corrected chi connectivity index (χ1v) is 8.36. The van der Waals surface area contributed by atoms with Crippen molar-refractivity contribution in [1.82, 2.24) is 0 Å². The van der Waals surface area contributed by atoms with Crippen LogP contribution in [0.2, 0.25) is 0 Å². The molecule has 25 heavy (non-hydrogen) atoms. The number of fused-ring (bicyclic) bond motifs is 5. The van der Waals surface area contributed by atoms with E-state index in [1.54, 1.807) is 31.2 Å². The van der Waals surface area contributed by atoms with Gasteiger partial charge in [0, 0.05) is 0 Å². The summed E-state index contributed by atoms with van der Waals surface area (Å²) in [6.45, 7) is 5.71. The third kappa shape index (κ3) is 2.03. The summed E-state index contributed by atoms with van der Waals surface area (Å²) in [5.74, 6) is -1.97. The summed E-state index contributed by atoms with van der Waals surface area (Å²) in [6.07, 6.45) is 3.76. The van der Waals surface area contributed by atoms with Crippen LogP contribution in [-0.2, 0) is 19.1 Å². The Kier molecular flexibility index (Phi) is 3.22. The normalized spacial score (nSPS) is 35.4. The molecular formula is C19H19NO5. The zero-order valence-electron chi connectivity index (χ0n) is 14.3. The molecule has 3 aliphatic heterocycles. The summed E-state index contributed by atoms with van der Waals surface area (Å²) in [4.78, 5) is 38.9. The molecule has 2 amide bonds. The lowest BCUT2D eigenvalue weighted by atomic mass is 9.73. The topological polar surface area (TPSA) is 72.9 Å². The fraction of sp³-hybridized carbons (Fsp3) is 0.421. The van der Waals surface area contributed by atoms with E-state index in [4.69, 9.17) is 9.47 Å². The largest absolute Gasteiger partial charge is 0.462 e. The first kappa shape index (κ1) is 16.0. The van der Waals surface area contributed by atoms with E-state index in [0.29, 0.717) is 11.3 Å². The number of imide groups is 1. The van der Waals surface area contributed by atoms with Gasteiger partial charge in [0.1, 0.15) is 0 Å². The predicted molar refractivity (Wildman–Crippen MR) is 88.9 cm³/mol. The average Bonchev–Trinajstić information content (AvgIpc) is 3.12. The van der Waals surface area contributed by atoms with Crippen molar-refractivity contribution in [3.05, 3.63) is 42.0 Å². The highest BCUT2D eigenvalue weighted by Crippen LogP contribution is 2.57. The lowest BCUT2D eigenvalue weighted by molar-refractivity contribution is -0.128. The minimum atomic E-state index is -0.744. The second-order valence-corrected chi connectivity index (χ2v) is 7.04. The van der Waals surface area contributed by atoms with Gasteiger partial charge in [-0.15, -0.1) is 0 Å². The third-order valence-electron chi connectivity index (χ3n) is 5.36. The summed E-state index contributed by atoms with van der Waals surface area (Å²) in [5.41, 5.74) is -0.643. The summed E-state index contributed by atoms with van der Waals surface area (Å²) in [6, 6.07) is 6.33. The van der Waals surface area contributed by atoms with Crippen molar-refractivity contribution < 1.29 is 23.9 Å². The van der Waals surface area contributed by atoms with Crippen molar-refractivity contribution in [2.24, 2.45) is 11.8 Å². The van der Waals surface area contributed by atoms with Crippen LogP contribution in [0, 0.1) is 11.8 Å². The first-order valence-electron chi connectivity index (χ1n) is 8.36. The zero-order chi connectivity index (χ0) is 18.0. The molecule has 2 bridgehead atoms. The van der Waals surface area contributed by atoms with E-state index in [2.05, 4.69) is 0 Å². The van der Waals surface area contributed by atoms with Gasteiger partial charge in [-0.05, 0) is 45.0 Å². The van der Waals surface area contributed by atoms with Gasteiger partial charge in [0.05, 0.1) is 40.9 Å². The molecule has 0 radical (unpaired) electrons. The highest BCUT2D eigenvalue weighted by Gasteiger charge is 2.70. The fourth-order valence-electron chi connectivity index (χ4n) is 4.25. The van der Waals surface area contributed by atoms with Crippen LogP contribution < -0.4 is 4.90 Å². The van der Waals surface area contributed by atoms with Crippen molar-refractivity contribution in [3.63, 3.8) is 0 Å². The van der Waals surface area contributed by atoms with Gasteiger partial charge in [-0.25, -0.2) is 9.69 Å². The van der Waals surface area contributed by atoms with Gasteiger partial charge in [0.25, 0.3) is 0 Å². The third-order valence-corrected chi connectivity index (χ3v) is 5.36. The first-order chi connectivity index (χ1) is 11.8. The maximum Gasteiger partial charge on any atom is 0.338 e. The van der Waals surface area contributed by atoms with Crippen LogP contribution in [0.3, 0.4) is 0 Å². The lowest BCUT2D eigenvalue weighted by Gasteiger charge is -2.25. The molecule has 0 unspecified atom stereocenters. The Hall–Kier alpha value is -2.47. The second kappa shape index (κ2) is 5.02. The minimum Gasteiger partial charge on any atom is -0.462 e. The van der Waals surface area contributed by atoms with Gasteiger partial charge < -0.3 is 9.47 Å². The van der Waals surface area contributed by atoms with Crippen LogP contribution in [0.1, 0.15) is 31.1 Å². The van der Waals surface area contributed by atoms with Crippen LogP contribution in [0.4, 0.5) is 5.69 Å². The van der Waals surface area contributed by atoms with Crippen LogP contribution in [0.5, 0.6) is 0 Å². The molecule has 2 saturated heterocycles. The van der Waals surface area contributed by atoms with Crippen LogP contribution >= 0.6 is 0 Å². The van der Waals surface area contributed by atoms with Crippen molar-refractivity contribution in [2.45, 2.75) is 32.0 Å². The molecule has 1 aromatic carbocycles. The molecule has 3 aliphatic rings. The maximum absolute atomic E-state index is 13.0. The van der Waals surface area contributed by atoms with E-state index < -0.39 is 29.0 Å². The van der Waals surface area contributed by atoms with E-state index >= 15 is 0 Å². The number of carbonyl (C=O) groups excluding carboxylic acids is 3. The molecular weight excluding hydrogens is 322 g/mol. The molecule has 6 heteroatoms. The van der Waals surface area contributed by atoms with E-state index in [1.807, 2.05) is 26.0 Å². The number of amides is 2. The molecule has 4 atom stereocenters. The Morgan fingerprint density at radius 3 is 2.08 bits per heavy atom. The Balaban J connectivity index is 1.66. The Bertz CT molecular complexity index is 778. The molecule has 1 aromatic rings. The van der Waals surface area contributed by atoms with Gasteiger partial charge in [0.2, 0.25) is 11.8 Å². The quantitative estimate of drug-likeness (QED) is 0.478. The second-order valence-electron chi connectivity index (χ2n) is 7.04. The Labute approximate surface area is 145 Å². The Morgan fingerprint density at radius 1 is 1.08 bits per heavy atom. The van der Waals surface area contributed by atoms with Crippen LogP contribution in [0.25, 0.3) is 0 Å². The molecule has 130 valence electrons. The molecule has 0 spiro atoms. The molecule has 2 fully saturated rings. The number of esters is 1. The summed E-state index contributed by atoms with van der Waals surface area (Å²) in [7, 11) is 0. The highest BCUT2D eigenvalue weighted by molar-refractivity contribution is 6.23. The standard InChI is InChI=1S/C19H19NO5/c1-4-24-17(23)11-5-7-12(8-6-11)20-15(21)13-14(16(20)22)19(3)10-9-18(13,2)25-19/h5-10,13-14H,4H2,1-3H3/t13-,14-,18-,19-/m1/s1. The molecule has 3 heterocycles. The molecule has 6 nitrogen and oxygen atoms in total. The average molecular weight is 341 g/mol. The number of hydrogen-bond acceptors (Lipinski definition) is 5. The summed E-state index contributed by atoms with van der Waals surface area (Å²) in [5, 5.41) is 0. The van der Waals surface area contributed by atoms with E-state index in [9.17, 15) is 14.4 Å². The van der Waals surface area contributed by atoms with E-state index in [1.165, 1.54) is 4.90 Å². The molecule has 4 rings (SSSR count). The molecule has 0 N–H and O–H groups in total. The number of hydrogen-bond donors (Lipinski definition) is 0. The van der Waals surface area contributed by atoms with Gasteiger partial charge in [0.15, 0.2) is 0 Å². The SMILES string of the molecule is CCOC(=O)c1ccc(N2C(=O)[C@H]3[C@H](C2=O)[C@@]2(C)C=C[C@@]3(C)O2)cc1. The van der Waals surface area contributed by atoms with Crippen molar-refractivity contribution in [2.75, 3.05) is 11.5 Å². The van der Waals surface area contributed by atoms with Gasteiger partial charge in [-0.1, -0.05) is 12.2 Å². The van der Waals surface area contributed by atoms with Crippen LogP contribution in [0.15, 0.2) is 36.4 Å². The number of ether oxygens (including phenoxy) is 2. The fourth-order valence-corrected chi connectivity index (χ4v) is 4.25. The monoisotopic (exact) mass is 341 g/mol. The Morgan fingerprint density at radius 2 is 1.60 bits per heavy atom. The summed E-state index contributed by atoms with van der Waals surface area (Å²) < 4.78 is 10.9. The number of benzene rings is 1. The number of rotatable bonds is 3. The lowest BCUT2D eigenvalue weighted by Crippen LogP contribution is -2.39. The number of nitrogens with zero attached hydrogens (tertiary/aromatic N) is 1. The van der Waals surface area contributed by atoms with Gasteiger partial charge in [-0.3, -0.25) is 9.59 Å². The highest BCUT2D eigenvalue weighted by atomic mass is 16.5. The molecule has 0 aromatic heterocycles. The number of anilines is 1. The van der Waals surface area contributed by atoms with E-state index in [-0.39, 0.29) is 18.4 Å². The summed E-state index contributed by atoms with van der Waals surface area (Å²) >= 11 is 0. The molecule has 0 saturated carbocycles. The van der Waals surface area contributed by atoms with Gasteiger partial charge >= 0.3 is 5.97 Å². The van der Waals surface area contributed by atoms with Crippen LogP contribution in [-0.4, -0.2) is 35.6 Å². The predicted octanol–water partition coefficient (Wildman–Crippen LogP) is 2.09. The van der Waals surface area contributed by atoms with E-state index in [0.717, 1.165) is 0 Å². The smallest absolute Gasteiger partial charge is 0.338 e. The molecule has 0 aliphatic carbocycles. The minimum absolute atomic E-state index is 0.255. The maximum atomic E-state index is 13.0. The number of carbonyl (C=O) groups is 3. The van der Waals surface area contributed by atoms with Crippen molar-refractivity contribution in [3.8, 4) is 0 Å².